The molecule has 3 fully saturated rings. The average molecular weight is 484 g/mol. The van der Waals surface area contributed by atoms with Crippen molar-refractivity contribution in [3.05, 3.63) is 18.2 Å². The van der Waals surface area contributed by atoms with Gasteiger partial charge in [-0.1, -0.05) is 25.1 Å². The van der Waals surface area contributed by atoms with Crippen molar-refractivity contribution in [1.29, 1.82) is 0 Å². The fraction of sp³-hybridized carbons (Fsp3) is 0.640. The van der Waals surface area contributed by atoms with Gasteiger partial charge in [0.15, 0.2) is 16.7 Å². The number of fused-ring (bicyclic) bond motifs is 1. The topological polar surface area (TPSA) is 81.5 Å². The lowest BCUT2D eigenvalue weighted by molar-refractivity contribution is -0.113. The molecule has 2 saturated carbocycles. The Morgan fingerprint density at radius 1 is 1.09 bits per heavy atom. The van der Waals surface area contributed by atoms with Gasteiger partial charge in [0, 0.05) is 43.7 Å². The Kier molecular flexibility index (Phi) is 5.83. The number of piperidine rings is 1. The number of carbonyl (C=O) groups excluding carboxylic acids is 1. The first kappa shape index (κ1) is 22.1. The first-order valence-corrected chi connectivity index (χ1v) is 13.7. The van der Waals surface area contributed by atoms with Crippen LogP contribution in [0.4, 0.5) is 11.6 Å². The van der Waals surface area contributed by atoms with Crippen molar-refractivity contribution in [2.24, 2.45) is 5.92 Å². The fourth-order valence-electron chi connectivity index (χ4n) is 5.24. The minimum Gasteiger partial charge on any atom is -0.448 e. The third kappa shape index (κ3) is 4.46. The van der Waals surface area contributed by atoms with E-state index < -0.39 is 5.79 Å². The monoisotopic (exact) mass is 483 g/mol. The summed E-state index contributed by atoms with van der Waals surface area (Å²) in [5, 5.41) is 12.8. The van der Waals surface area contributed by atoms with Gasteiger partial charge in [0.25, 0.3) is 5.79 Å². The number of amides is 1. The molecule has 2 aliphatic carbocycles. The summed E-state index contributed by atoms with van der Waals surface area (Å²) in [7, 11) is 0. The van der Waals surface area contributed by atoms with Gasteiger partial charge in [0.05, 0.1) is 5.75 Å². The summed E-state index contributed by atoms with van der Waals surface area (Å²) >= 11 is 1.47. The Balaban J connectivity index is 1.08. The highest BCUT2D eigenvalue weighted by Crippen LogP contribution is 2.46. The maximum absolute atomic E-state index is 12.8. The van der Waals surface area contributed by atoms with Gasteiger partial charge >= 0.3 is 0 Å². The second-order valence-corrected chi connectivity index (χ2v) is 11.2. The summed E-state index contributed by atoms with van der Waals surface area (Å²) in [4.78, 5) is 15.1. The lowest BCUT2D eigenvalue weighted by atomic mass is 9.94. The number of thioether (sulfide) groups is 1. The van der Waals surface area contributed by atoms with Crippen molar-refractivity contribution >= 4 is 29.3 Å². The van der Waals surface area contributed by atoms with Crippen molar-refractivity contribution in [1.82, 2.24) is 14.8 Å². The van der Waals surface area contributed by atoms with Crippen molar-refractivity contribution in [3.8, 4) is 11.5 Å². The third-order valence-corrected chi connectivity index (χ3v) is 8.34. The van der Waals surface area contributed by atoms with E-state index in [0.29, 0.717) is 11.8 Å². The molecule has 2 aromatic rings. The Morgan fingerprint density at radius 2 is 1.85 bits per heavy atom. The third-order valence-electron chi connectivity index (χ3n) is 7.39. The van der Waals surface area contributed by atoms with Gasteiger partial charge in [-0.15, -0.1) is 10.2 Å². The zero-order chi connectivity index (χ0) is 23.1. The lowest BCUT2D eigenvalue weighted by Gasteiger charge is -2.31. The van der Waals surface area contributed by atoms with Gasteiger partial charge in [0.1, 0.15) is 0 Å². The van der Waals surface area contributed by atoms with Crippen LogP contribution in [-0.4, -0.2) is 45.3 Å². The van der Waals surface area contributed by atoms with Crippen LogP contribution in [0.5, 0.6) is 11.5 Å². The summed E-state index contributed by atoms with van der Waals surface area (Å²) < 4.78 is 14.6. The second kappa shape index (κ2) is 8.98. The molecular weight excluding hydrogens is 450 g/mol. The molecule has 0 bridgehead atoms. The number of rotatable bonds is 6. The molecule has 2 aliphatic heterocycles. The van der Waals surface area contributed by atoms with E-state index in [1.54, 1.807) is 0 Å². The van der Waals surface area contributed by atoms with E-state index in [0.717, 1.165) is 85.8 Å². The van der Waals surface area contributed by atoms with Crippen molar-refractivity contribution in [2.75, 3.05) is 29.1 Å². The molecule has 182 valence electrons. The minimum absolute atomic E-state index is 0.0602. The minimum atomic E-state index is -0.504. The molecule has 34 heavy (non-hydrogen) atoms. The number of benzene rings is 1. The van der Waals surface area contributed by atoms with Crippen LogP contribution in [0.25, 0.3) is 0 Å². The number of hydrogen-bond donors (Lipinski definition) is 1. The maximum Gasteiger partial charge on any atom is 0.251 e. The summed E-state index contributed by atoms with van der Waals surface area (Å²) in [5.41, 5.74) is 0.729. The normalized spacial score (nSPS) is 21.7. The smallest absolute Gasteiger partial charge is 0.251 e. The molecule has 4 aliphatic rings. The van der Waals surface area contributed by atoms with Gasteiger partial charge < -0.3 is 19.7 Å². The van der Waals surface area contributed by atoms with E-state index in [-0.39, 0.29) is 5.91 Å². The molecule has 1 N–H and O–H groups in total. The number of nitrogens with one attached hydrogen (secondary N) is 1. The molecule has 8 nitrogen and oxygen atoms in total. The highest BCUT2D eigenvalue weighted by molar-refractivity contribution is 7.99. The molecule has 1 aromatic heterocycles. The first-order chi connectivity index (χ1) is 16.6. The molecule has 1 spiro atoms. The van der Waals surface area contributed by atoms with E-state index in [4.69, 9.17) is 9.47 Å². The standard InChI is InChI=1S/C25H33N5O3S/c1-17-9-13-29(14-10-17)23-27-28-24(30(23)19-6-7-19)34-16-22(31)26-18-5-8-20-21(15-18)33-25(32-20)11-3-2-4-12-25/h5,8,15,17,19H,2-4,6-7,9-14,16H2,1H3,(H,26,31). The van der Waals surface area contributed by atoms with Gasteiger partial charge in [0.2, 0.25) is 11.9 Å². The first-order valence-electron chi connectivity index (χ1n) is 12.7. The molecule has 9 heteroatoms. The van der Waals surface area contributed by atoms with E-state index in [9.17, 15) is 4.79 Å². The van der Waals surface area contributed by atoms with E-state index in [1.807, 2.05) is 18.2 Å². The predicted octanol–water partition coefficient (Wildman–Crippen LogP) is 5.01. The largest absolute Gasteiger partial charge is 0.448 e. The number of anilines is 2. The Bertz CT molecular complexity index is 1050. The second-order valence-electron chi connectivity index (χ2n) is 10.2. The van der Waals surface area contributed by atoms with Crippen molar-refractivity contribution in [3.63, 3.8) is 0 Å². The predicted molar refractivity (Wildman–Crippen MR) is 132 cm³/mol. The van der Waals surface area contributed by atoms with Crippen LogP contribution in [0, 0.1) is 5.92 Å². The van der Waals surface area contributed by atoms with Gasteiger partial charge in [-0.25, -0.2) is 0 Å². The van der Waals surface area contributed by atoms with E-state index >= 15 is 0 Å². The number of ether oxygens (including phenoxy) is 2. The number of aromatic nitrogens is 3. The summed E-state index contributed by atoms with van der Waals surface area (Å²) in [6.45, 7) is 4.38. The fourth-order valence-corrected chi connectivity index (χ4v) is 6.04. The van der Waals surface area contributed by atoms with Crippen LogP contribution >= 0.6 is 11.8 Å². The van der Waals surface area contributed by atoms with Crippen LogP contribution in [0.1, 0.15) is 70.8 Å². The van der Waals surface area contributed by atoms with Crippen LogP contribution < -0.4 is 19.7 Å². The van der Waals surface area contributed by atoms with Crippen LogP contribution in [0.3, 0.4) is 0 Å². The molecule has 1 amide bonds. The van der Waals surface area contributed by atoms with Crippen LogP contribution in [-0.2, 0) is 4.79 Å². The summed E-state index contributed by atoms with van der Waals surface area (Å²) in [6.07, 6.45) is 10.0. The average Bonchev–Trinajstić information content (AvgIpc) is 3.49. The number of carbonyl (C=O) groups is 1. The van der Waals surface area contributed by atoms with Crippen LogP contribution in [0.15, 0.2) is 23.4 Å². The Morgan fingerprint density at radius 3 is 2.62 bits per heavy atom. The zero-order valence-electron chi connectivity index (χ0n) is 19.8. The Hall–Kier alpha value is -2.42. The van der Waals surface area contributed by atoms with Gasteiger partial charge in [-0.05, 0) is 56.6 Å². The molecule has 6 rings (SSSR count). The Labute approximate surface area is 204 Å². The van der Waals surface area contributed by atoms with E-state index in [2.05, 4.69) is 31.9 Å². The molecule has 1 saturated heterocycles. The van der Waals surface area contributed by atoms with Crippen LogP contribution in [0.2, 0.25) is 0 Å². The molecular formula is C25H33N5O3S. The SMILES string of the molecule is CC1CCN(c2nnc(SCC(=O)Nc3ccc4c(c3)OC3(CCCCC3)O4)n2C2CC2)CC1. The maximum atomic E-state index is 12.8. The van der Waals surface area contributed by atoms with Gasteiger partial charge in [-0.3, -0.25) is 9.36 Å². The molecule has 0 atom stereocenters. The summed E-state index contributed by atoms with van der Waals surface area (Å²) in [5.74, 6) is 2.97. The number of hydrogen-bond acceptors (Lipinski definition) is 7. The van der Waals surface area contributed by atoms with Crippen molar-refractivity contribution in [2.45, 2.75) is 81.7 Å². The zero-order valence-corrected chi connectivity index (χ0v) is 20.6. The highest BCUT2D eigenvalue weighted by Gasteiger charge is 2.42. The molecule has 1 aromatic carbocycles. The van der Waals surface area contributed by atoms with E-state index in [1.165, 1.54) is 31.0 Å². The summed E-state index contributed by atoms with van der Waals surface area (Å²) in [6, 6.07) is 6.13. The molecule has 0 radical (unpaired) electrons. The van der Waals surface area contributed by atoms with Crippen molar-refractivity contribution < 1.29 is 14.3 Å². The number of nitrogens with zero attached hydrogens (tertiary/aromatic N) is 4. The van der Waals surface area contributed by atoms with Gasteiger partial charge in [-0.2, -0.15) is 0 Å². The molecule has 3 heterocycles. The quantitative estimate of drug-likeness (QED) is 0.578. The molecule has 0 unspecified atom stereocenters. The highest BCUT2D eigenvalue weighted by atomic mass is 32.2. The lowest BCUT2D eigenvalue weighted by Crippen LogP contribution is -2.40.